The van der Waals surface area contributed by atoms with Crippen molar-refractivity contribution in [2.75, 3.05) is 0 Å². The Morgan fingerprint density at radius 3 is 1.94 bits per heavy atom. The summed E-state index contributed by atoms with van der Waals surface area (Å²) >= 11 is 0. The molecular weight excluding hydrogens is 428 g/mol. The first-order valence-corrected chi connectivity index (χ1v) is 10.8. The van der Waals surface area contributed by atoms with Gasteiger partial charge in [0.1, 0.15) is 11.0 Å². The van der Waals surface area contributed by atoms with Crippen LogP contribution in [0, 0.1) is 0 Å². The topological polar surface area (TPSA) is 78.9 Å². The number of rotatable bonds is 2. The van der Waals surface area contributed by atoms with Gasteiger partial charge in [0.05, 0.1) is 27.8 Å². The monoisotopic (exact) mass is 446 g/mol. The van der Waals surface area contributed by atoms with Crippen molar-refractivity contribution >= 4 is 32.8 Å². The number of hydrogen-bond acceptors (Lipinski definition) is 4. The van der Waals surface area contributed by atoms with E-state index in [9.17, 15) is 14.4 Å². The first-order chi connectivity index (χ1) is 16.6. The highest BCUT2D eigenvalue weighted by molar-refractivity contribution is 6.05. The normalized spacial score (nSPS) is 11.4. The molecule has 164 valence electrons. The summed E-state index contributed by atoms with van der Waals surface area (Å²) in [5.41, 5.74) is 0.690. The third-order valence-corrected chi connectivity index (χ3v) is 6.08. The third kappa shape index (κ3) is 2.77. The number of aromatic nitrogens is 4. The largest absolute Gasteiger partial charge is 0.341 e. The van der Waals surface area contributed by atoms with Gasteiger partial charge in [0.15, 0.2) is 0 Å². The van der Waals surface area contributed by atoms with Gasteiger partial charge < -0.3 is 0 Å². The Morgan fingerprint density at radius 2 is 1.26 bits per heavy atom. The standard InChI is InChI=1S/C27H18N4O3/c1-29-24-22(23-20(25(29)32)16-17-10-8-9-15-21(17)28-23)26(33)31(19-13-6-3-7-14-19)27(34)30(24)18-11-4-2-5-12-18/h2-16H,1H3. The quantitative estimate of drug-likeness (QED) is 0.301. The zero-order valence-electron chi connectivity index (χ0n) is 18.2. The molecule has 0 saturated carbocycles. The van der Waals surface area contributed by atoms with Crippen molar-refractivity contribution in [3.05, 3.63) is 122 Å². The Balaban J connectivity index is 1.95. The molecule has 0 aliphatic rings. The molecule has 34 heavy (non-hydrogen) atoms. The predicted molar refractivity (Wildman–Crippen MR) is 133 cm³/mol. The summed E-state index contributed by atoms with van der Waals surface area (Å²) in [6.45, 7) is 0. The van der Waals surface area contributed by atoms with E-state index >= 15 is 0 Å². The molecule has 6 rings (SSSR count). The zero-order valence-corrected chi connectivity index (χ0v) is 18.2. The van der Waals surface area contributed by atoms with Crippen molar-refractivity contribution in [2.45, 2.75) is 0 Å². The smallest absolute Gasteiger partial charge is 0.296 e. The maximum atomic E-state index is 13.9. The van der Waals surface area contributed by atoms with Crippen LogP contribution in [0.2, 0.25) is 0 Å². The van der Waals surface area contributed by atoms with E-state index in [-0.39, 0.29) is 22.1 Å². The first kappa shape index (κ1) is 19.9. The van der Waals surface area contributed by atoms with Crippen molar-refractivity contribution in [1.82, 2.24) is 18.7 Å². The van der Waals surface area contributed by atoms with Crippen LogP contribution in [0.25, 0.3) is 44.2 Å². The van der Waals surface area contributed by atoms with Crippen LogP contribution in [0.5, 0.6) is 0 Å². The minimum Gasteiger partial charge on any atom is -0.296 e. The van der Waals surface area contributed by atoms with Gasteiger partial charge in [-0.3, -0.25) is 14.2 Å². The maximum absolute atomic E-state index is 13.9. The summed E-state index contributed by atoms with van der Waals surface area (Å²) in [5.74, 6) is 0. The van der Waals surface area contributed by atoms with Gasteiger partial charge in [-0.1, -0.05) is 54.6 Å². The highest BCUT2D eigenvalue weighted by Gasteiger charge is 2.22. The van der Waals surface area contributed by atoms with E-state index in [1.807, 2.05) is 36.4 Å². The average Bonchev–Trinajstić information content (AvgIpc) is 2.87. The van der Waals surface area contributed by atoms with Gasteiger partial charge in [0, 0.05) is 12.4 Å². The summed E-state index contributed by atoms with van der Waals surface area (Å²) in [5, 5.41) is 1.32. The minimum absolute atomic E-state index is 0.202. The second kappa shape index (κ2) is 7.38. The van der Waals surface area contributed by atoms with Crippen molar-refractivity contribution < 1.29 is 0 Å². The first-order valence-electron chi connectivity index (χ1n) is 10.8. The number of nitrogens with zero attached hydrogens (tertiary/aromatic N) is 4. The molecule has 0 spiro atoms. The van der Waals surface area contributed by atoms with Crippen molar-refractivity contribution in [3.63, 3.8) is 0 Å². The van der Waals surface area contributed by atoms with Gasteiger partial charge in [-0.05, 0) is 36.4 Å². The summed E-state index contributed by atoms with van der Waals surface area (Å²) in [4.78, 5) is 45.9. The van der Waals surface area contributed by atoms with Gasteiger partial charge in [-0.15, -0.1) is 0 Å². The summed E-state index contributed by atoms with van der Waals surface area (Å²) in [6.07, 6.45) is 0. The molecule has 0 radical (unpaired) electrons. The molecule has 0 bridgehead atoms. The number of pyridine rings is 2. The fourth-order valence-electron chi connectivity index (χ4n) is 4.48. The van der Waals surface area contributed by atoms with Crippen LogP contribution in [0.4, 0.5) is 0 Å². The molecule has 3 heterocycles. The molecule has 0 unspecified atom stereocenters. The van der Waals surface area contributed by atoms with Crippen LogP contribution in [-0.2, 0) is 7.05 Å². The Kier molecular flexibility index (Phi) is 4.31. The van der Waals surface area contributed by atoms with Crippen LogP contribution in [0.15, 0.2) is 105 Å². The van der Waals surface area contributed by atoms with E-state index in [2.05, 4.69) is 0 Å². The fraction of sp³-hybridized carbons (Fsp3) is 0.0370. The average molecular weight is 446 g/mol. The predicted octanol–water partition coefficient (Wildman–Crippen LogP) is 3.54. The van der Waals surface area contributed by atoms with Crippen LogP contribution < -0.4 is 16.8 Å². The Labute approximate surface area is 192 Å². The van der Waals surface area contributed by atoms with E-state index in [0.717, 1.165) is 9.95 Å². The van der Waals surface area contributed by atoms with Gasteiger partial charge in [-0.2, -0.15) is 0 Å². The molecule has 3 aromatic carbocycles. The van der Waals surface area contributed by atoms with Gasteiger partial charge >= 0.3 is 5.69 Å². The lowest BCUT2D eigenvalue weighted by atomic mass is 10.1. The molecule has 0 atom stereocenters. The molecule has 0 N–H and O–H groups in total. The molecule has 7 heteroatoms. The highest BCUT2D eigenvalue weighted by Crippen LogP contribution is 2.23. The molecular formula is C27H18N4O3. The van der Waals surface area contributed by atoms with Crippen molar-refractivity contribution in [1.29, 1.82) is 0 Å². The SMILES string of the molecule is Cn1c(=O)c2cc3ccccc3nc2c2c(=O)n(-c3ccccc3)c(=O)n(-c3ccccc3)c21. The number of benzene rings is 3. The number of aryl methyl sites for hydroxylation is 1. The molecule has 0 fully saturated rings. The summed E-state index contributed by atoms with van der Waals surface area (Å²) < 4.78 is 3.90. The van der Waals surface area contributed by atoms with Crippen molar-refractivity contribution in [2.24, 2.45) is 7.05 Å². The number of fused-ring (bicyclic) bond motifs is 4. The molecule has 6 aromatic rings. The molecule has 0 saturated heterocycles. The molecule has 0 aliphatic carbocycles. The Bertz CT molecular complexity index is 1920. The minimum atomic E-state index is -0.565. The zero-order chi connectivity index (χ0) is 23.4. The lowest BCUT2D eigenvalue weighted by molar-refractivity contribution is 0.787. The number of para-hydroxylation sites is 3. The van der Waals surface area contributed by atoms with E-state index in [1.54, 1.807) is 61.6 Å². The van der Waals surface area contributed by atoms with E-state index in [0.29, 0.717) is 22.3 Å². The fourth-order valence-corrected chi connectivity index (χ4v) is 4.48. The lowest BCUT2D eigenvalue weighted by Gasteiger charge is -2.17. The van der Waals surface area contributed by atoms with Gasteiger partial charge in [0.2, 0.25) is 0 Å². The van der Waals surface area contributed by atoms with E-state index < -0.39 is 11.2 Å². The molecule has 0 aliphatic heterocycles. The summed E-state index contributed by atoms with van der Waals surface area (Å²) in [7, 11) is 1.57. The molecule has 7 nitrogen and oxygen atoms in total. The second-order valence-corrected chi connectivity index (χ2v) is 8.07. The molecule has 0 amide bonds. The highest BCUT2D eigenvalue weighted by atomic mass is 16.2. The van der Waals surface area contributed by atoms with Gasteiger partial charge in [0.25, 0.3) is 11.1 Å². The van der Waals surface area contributed by atoms with Crippen molar-refractivity contribution in [3.8, 4) is 11.4 Å². The van der Waals surface area contributed by atoms with E-state index in [1.165, 1.54) is 9.13 Å². The van der Waals surface area contributed by atoms with Crippen LogP contribution in [-0.4, -0.2) is 18.7 Å². The molecule has 3 aromatic heterocycles. The summed E-state index contributed by atoms with van der Waals surface area (Å²) in [6, 6.07) is 26.9. The Morgan fingerprint density at radius 1 is 0.676 bits per heavy atom. The Hall–Kier alpha value is -4.78. The maximum Gasteiger partial charge on any atom is 0.341 e. The van der Waals surface area contributed by atoms with Gasteiger partial charge in [-0.25, -0.2) is 18.9 Å². The number of hydrogen-bond donors (Lipinski definition) is 0. The van der Waals surface area contributed by atoms with Crippen LogP contribution in [0.3, 0.4) is 0 Å². The van der Waals surface area contributed by atoms with Crippen LogP contribution in [0.1, 0.15) is 0 Å². The second-order valence-electron chi connectivity index (χ2n) is 8.07. The van der Waals surface area contributed by atoms with E-state index in [4.69, 9.17) is 4.98 Å². The third-order valence-electron chi connectivity index (χ3n) is 6.08. The van der Waals surface area contributed by atoms with Crippen LogP contribution >= 0.6 is 0 Å². The lowest BCUT2D eigenvalue weighted by Crippen LogP contribution is -2.40.